The first-order chi connectivity index (χ1) is 11.2. The van der Waals surface area contributed by atoms with Gasteiger partial charge in [0.05, 0.1) is 4.90 Å². The van der Waals surface area contributed by atoms with Gasteiger partial charge in [0.1, 0.15) is 0 Å². The van der Waals surface area contributed by atoms with Crippen LogP contribution in [-0.2, 0) is 14.8 Å². The Kier molecular flexibility index (Phi) is 4.99. The van der Waals surface area contributed by atoms with E-state index in [2.05, 4.69) is 6.58 Å². The number of nitrogens with zero attached hydrogens (tertiary/aromatic N) is 2. The Balaban J connectivity index is 2.74. The summed E-state index contributed by atoms with van der Waals surface area (Å²) in [5.74, 6) is -0.585. The van der Waals surface area contributed by atoms with E-state index >= 15 is 0 Å². The Labute approximate surface area is 143 Å². The van der Waals surface area contributed by atoms with Gasteiger partial charge in [-0.25, -0.2) is 12.7 Å². The van der Waals surface area contributed by atoms with Gasteiger partial charge in [0, 0.05) is 42.7 Å². The molecule has 0 spiro atoms. The van der Waals surface area contributed by atoms with Crippen LogP contribution in [0.5, 0.6) is 0 Å². The summed E-state index contributed by atoms with van der Waals surface area (Å²) in [5.41, 5.74) is 1.11. The van der Waals surface area contributed by atoms with Crippen molar-refractivity contribution in [2.45, 2.75) is 18.7 Å². The highest BCUT2D eigenvalue weighted by atomic mass is 32.2. The van der Waals surface area contributed by atoms with Crippen LogP contribution in [0.2, 0.25) is 0 Å². The molecular weight excluding hydrogens is 324 g/mol. The van der Waals surface area contributed by atoms with Gasteiger partial charge in [-0.15, -0.1) is 0 Å². The minimum Gasteiger partial charge on any atom is -0.377 e. The molecule has 0 radical (unpaired) electrons. The lowest BCUT2D eigenvalue weighted by Crippen LogP contribution is -2.37. The molecule has 2 rings (SSSR count). The van der Waals surface area contributed by atoms with Crippen LogP contribution in [0.15, 0.2) is 53.4 Å². The molecule has 1 amide bonds. The summed E-state index contributed by atoms with van der Waals surface area (Å²) in [6.45, 7) is 6.76. The minimum atomic E-state index is -3.96. The molecule has 24 heavy (non-hydrogen) atoms. The smallest absolute Gasteiger partial charge is 0.267 e. The predicted octanol–water partition coefficient (Wildman–Crippen LogP) is 3.02. The van der Waals surface area contributed by atoms with E-state index in [0.29, 0.717) is 5.39 Å². The molecule has 5 nitrogen and oxygen atoms in total. The number of carbonyl (C=O) groups is 1. The number of hydrogen-bond donors (Lipinski definition) is 0. The van der Waals surface area contributed by atoms with E-state index in [1.54, 1.807) is 19.1 Å². The predicted molar refractivity (Wildman–Crippen MR) is 97.7 cm³/mol. The maximum Gasteiger partial charge on any atom is 0.267 e. The Hall–Kier alpha value is -2.34. The second-order valence-corrected chi connectivity index (χ2v) is 7.61. The zero-order valence-corrected chi connectivity index (χ0v) is 15.2. The van der Waals surface area contributed by atoms with Crippen molar-refractivity contribution in [2.24, 2.45) is 0 Å². The largest absolute Gasteiger partial charge is 0.377 e. The van der Waals surface area contributed by atoms with E-state index in [9.17, 15) is 13.2 Å². The number of anilines is 1. The van der Waals surface area contributed by atoms with Crippen LogP contribution in [0.25, 0.3) is 10.8 Å². The van der Waals surface area contributed by atoms with E-state index < -0.39 is 15.9 Å². The molecule has 0 heterocycles. The molecule has 0 aliphatic carbocycles. The van der Waals surface area contributed by atoms with Gasteiger partial charge in [-0.3, -0.25) is 4.79 Å². The zero-order valence-electron chi connectivity index (χ0n) is 14.4. The Morgan fingerprint density at radius 1 is 1.08 bits per heavy atom. The minimum absolute atomic E-state index is 0.0534. The molecular formula is C18H22N2O3S. The zero-order chi connectivity index (χ0) is 18.1. The number of fused-ring (bicyclic) bond motifs is 1. The summed E-state index contributed by atoms with van der Waals surface area (Å²) < 4.78 is 27.0. The lowest BCUT2D eigenvalue weighted by Gasteiger charge is -2.23. The number of carbonyl (C=O) groups excluding carboxylic acids is 1. The van der Waals surface area contributed by atoms with Crippen LogP contribution < -0.4 is 4.90 Å². The van der Waals surface area contributed by atoms with Crippen LogP contribution in [0.1, 0.15) is 13.8 Å². The van der Waals surface area contributed by atoms with Crippen molar-refractivity contribution in [3.63, 3.8) is 0 Å². The highest BCUT2D eigenvalue weighted by Gasteiger charge is 2.29. The summed E-state index contributed by atoms with van der Waals surface area (Å²) in [6, 6.07) is 10.6. The van der Waals surface area contributed by atoms with Crippen molar-refractivity contribution < 1.29 is 13.2 Å². The molecule has 6 heteroatoms. The highest BCUT2D eigenvalue weighted by molar-refractivity contribution is 7.90. The molecule has 0 N–H and O–H groups in total. The van der Waals surface area contributed by atoms with Crippen molar-refractivity contribution in [1.82, 2.24) is 4.31 Å². The lowest BCUT2D eigenvalue weighted by molar-refractivity contribution is -0.122. The van der Waals surface area contributed by atoms with Crippen molar-refractivity contribution >= 4 is 32.4 Å². The molecule has 0 aliphatic heterocycles. The normalized spacial score (nSPS) is 11.3. The van der Waals surface area contributed by atoms with Gasteiger partial charge in [-0.1, -0.05) is 30.8 Å². The molecule has 0 saturated carbocycles. The third-order valence-corrected chi connectivity index (χ3v) is 5.70. The van der Waals surface area contributed by atoms with Gasteiger partial charge >= 0.3 is 0 Å². The van der Waals surface area contributed by atoms with Gasteiger partial charge in [-0.2, -0.15) is 0 Å². The van der Waals surface area contributed by atoms with E-state index in [1.165, 1.54) is 13.0 Å². The van der Waals surface area contributed by atoms with Crippen LogP contribution in [0, 0.1) is 0 Å². The summed E-state index contributed by atoms with van der Waals surface area (Å²) in [4.78, 5) is 14.3. The fourth-order valence-corrected chi connectivity index (χ4v) is 4.29. The van der Waals surface area contributed by atoms with E-state index in [1.807, 2.05) is 37.2 Å². The van der Waals surface area contributed by atoms with Crippen LogP contribution in [0.3, 0.4) is 0 Å². The van der Waals surface area contributed by atoms with Crippen molar-refractivity contribution in [3.05, 3.63) is 48.6 Å². The van der Waals surface area contributed by atoms with Gasteiger partial charge in [0.15, 0.2) is 0 Å². The van der Waals surface area contributed by atoms with E-state index in [4.69, 9.17) is 0 Å². The highest BCUT2D eigenvalue weighted by Crippen LogP contribution is 2.31. The first-order valence-electron chi connectivity index (χ1n) is 7.63. The fraction of sp³-hybridized carbons (Fsp3) is 0.278. The van der Waals surface area contributed by atoms with E-state index in [0.717, 1.165) is 15.4 Å². The molecule has 0 fully saturated rings. The number of rotatable bonds is 5. The average Bonchev–Trinajstić information content (AvgIpc) is 2.53. The van der Waals surface area contributed by atoms with Crippen LogP contribution in [-0.4, -0.2) is 39.3 Å². The molecule has 0 bridgehead atoms. The number of hydrogen-bond acceptors (Lipinski definition) is 4. The fourth-order valence-electron chi connectivity index (χ4n) is 2.63. The summed E-state index contributed by atoms with van der Waals surface area (Å²) in [5, 5.41) is 1.42. The maximum absolute atomic E-state index is 13.1. The monoisotopic (exact) mass is 346 g/mol. The molecule has 0 saturated heterocycles. The molecule has 2 aromatic rings. The first kappa shape index (κ1) is 18.0. The van der Waals surface area contributed by atoms with Gasteiger partial charge in [-0.05, 0) is 26.0 Å². The van der Waals surface area contributed by atoms with Crippen molar-refractivity contribution in [2.75, 3.05) is 25.5 Å². The van der Waals surface area contributed by atoms with Gasteiger partial charge in [0.25, 0.3) is 15.9 Å². The third-order valence-electron chi connectivity index (χ3n) is 3.79. The molecule has 0 aliphatic rings. The van der Waals surface area contributed by atoms with Crippen LogP contribution >= 0.6 is 0 Å². The number of amides is 1. The molecule has 0 unspecified atom stereocenters. The molecule has 128 valence electrons. The maximum atomic E-state index is 13.1. The molecule has 2 aromatic carbocycles. The summed E-state index contributed by atoms with van der Waals surface area (Å²) in [6.07, 6.45) is 0. The Morgan fingerprint density at radius 3 is 2.21 bits per heavy atom. The average molecular weight is 346 g/mol. The lowest BCUT2D eigenvalue weighted by atomic mass is 10.1. The van der Waals surface area contributed by atoms with Crippen molar-refractivity contribution in [1.29, 1.82) is 0 Å². The molecule has 0 aromatic heterocycles. The first-order valence-corrected chi connectivity index (χ1v) is 9.07. The molecule has 0 atom stereocenters. The van der Waals surface area contributed by atoms with E-state index in [-0.39, 0.29) is 17.0 Å². The number of likely N-dealkylation sites (N-methyl/N-ethyl adjacent to an activating group) is 1. The number of sulfonamides is 1. The van der Waals surface area contributed by atoms with Gasteiger partial charge in [0.2, 0.25) is 0 Å². The quantitative estimate of drug-likeness (QED) is 0.781. The van der Waals surface area contributed by atoms with Crippen molar-refractivity contribution in [3.8, 4) is 0 Å². The second kappa shape index (κ2) is 6.65. The Bertz CT molecular complexity index is 902. The number of benzene rings is 2. The topological polar surface area (TPSA) is 57.7 Å². The SMILES string of the molecule is C=C(C)C(=O)N(CC)S(=O)(=O)c1cccc2c(N(C)C)cccc12. The summed E-state index contributed by atoms with van der Waals surface area (Å²) in [7, 11) is -0.157. The third kappa shape index (κ3) is 3.01. The van der Waals surface area contributed by atoms with Crippen LogP contribution in [0.4, 0.5) is 5.69 Å². The van der Waals surface area contributed by atoms with Gasteiger partial charge < -0.3 is 4.90 Å². The second-order valence-electron chi connectivity index (χ2n) is 5.78. The standard InChI is InChI=1S/C18H22N2O3S/c1-6-20(18(21)13(2)3)24(22,23)17-12-8-9-14-15(17)10-7-11-16(14)19(4)5/h7-12H,2,6H2,1,3-5H3. The summed E-state index contributed by atoms with van der Waals surface area (Å²) >= 11 is 0. The Morgan fingerprint density at radius 2 is 1.67 bits per heavy atom.